The molecule has 1 nitrogen and oxygen atoms in total. The quantitative estimate of drug-likeness (QED) is 0.427. The van der Waals surface area contributed by atoms with E-state index in [0.717, 1.165) is 10.6 Å². The highest BCUT2D eigenvalue weighted by Crippen LogP contribution is 1.84. The van der Waals surface area contributed by atoms with Gasteiger partial charge in [0.25, 0.3) is 0 Å². The largest absolute Gasteiger partial charge is 0.388 e. The van der Waals surface area contributed by atoms with Gasteiger partial charge in [0.2, 0.25) is 0 Å². The van der Waals surface area contributed by atoms with Crippen LogP contribution in [-0.2, 0) is 0 Å². The zero-order chi connectivity index (χ0) is 5.86. The Morgan fingerprint density at radius 2 is 2.14 bits per heavy atom. The second kappa shape index (κ2) is 2.75. The highest BCUT2D eigenvalue weighted by molar-refractivity contribution is 7.80. The van der Waals surface area contributed by atoms with E-state index in [1.807, 2.05) is 6.92 Å². The smallest absolute Gasteiger partial charge is 0.0403 e. The van der Waals surface area contributed by atoms with Crippen molar-refractivity contribution in [1.29, 1.82) is 0 Å². The zero-order valence-electron chi connectivity index (χ0n) is 4.62. The van der Waals surface area contributed by atoms with Gasteiger partial charge < -0.3 is 5.32 Å². The lowest BCUT2D eigenvalue weighted by Gasteiger charge is -1.97. The first-order chi connectivity index (χ1) is 3.18. The van der Waals surface area contributed by atoms with Gasteiger partial charge in [0, 0.05) is 17.6 Å². The molecule has 0 aliphatic heterocycles. The molecule has 0 saturated heterocycles. The molecule has 0 atom stereocenters. The van der Waals surface area contributed by atoms with Crippen LogP contribution in [0.25, 0.3) is 0 Å². The maximum absolute atomic E-state index is 4.76. The maximum atomic E-state index is 4.76. The summed E-state index contributed by atoms with van der Waals surface area (Å²) in [5, 5.41) is 2.83. The van der Waals surface area contributed by atoms with E-state index in [2.05, 4.69) is 11.9 Å². The van der Waals surface area contributed by atoms with Gasteiger partial charge in [-0.15, -0.1) is 0 Å². The molecule has 40 valence electrons. The molecule has 0 fully saturated rings. The second-order valence-corrected chi connectivity index (χ2v) is 1.90. The summed E-state index contributed by atoms with van der Waals surface area (Å²) in [5.74, 6) is 0. The lowest BCUT2D eigenvalue weighted by Crippen LogP contribution is -2.09. The van der Waals surface area contributed by atoms with Gasteiger partial charge in [-0.25, -0.2) is 0 Å². The van der Waals surface area contributed by atoms with Crippen molar-refractivity contribution >= 4 is 17.1 Å². The van der Waals surface area contributed by atoms with Crippen LogP contribution in [0, 0.1) is 0 Å². The van der Waals surface area contributed by atoms with Gasteiger partial charge >= 0.3 is 0 Å². The van der Waals surface area contributed by atoms with Crippen molar-refractivity contribution in [2.75, 3.05) is 7.05 Å². The molecule has 0 spiro atoms. The molecular formula is C5H9NS. The van der Waals surface area contributed by atoms with Gasteiger partial charge in [-0.1, -0.05) is 18.8 Å². The Balaban J connectivity index is 3.58. The fraction of sp³-hybridized carbons (Fsp3) is 0.400. The van der Waals surface area contributed by atoms with Crippen LogP contribution >= 0.6 is 12.2 Å². The molecule has 0 unspecified atom stereocenters. The summed E-state index contributed by atoms with van der Waals surface area (Å²) >= 11 is 4.76. The molecule has 7 heavy (non-hydrogen) atoms. The fourth-order valence-corrected chi connectivity index (χ4v) is 0.278. The van der Waals surface area contributed by atoms with Crippen LogP contribution in [-0.4, -0.2) is 11.9 Å². The van der Waals surface area contributed by atoms with Gasteiger partial charge in [0.05, 0.1) is 0 Å². The summed E-state index contributed by atoms with van der Waals surface area (Å²) in [6.07, 6.45) is 0. The molecule has 0 heterocycles. The average Bonchev–Trinajstić information content (AvgIpc) is 1.65. The number of allylic oxidation sites excluding steroid dienone is 1. The summed E-state index contributed by atoms with van der Waals surface area (Å²) in [6, 6.07) is 0. The van der Waals surface area contributed by atoms with E-state index in [-0.39, 0.29) is 0 Å². The molecule has 0 amide bonds. The van der Waals surface area contributed by atoms with Gasteiger partial charge in [-0.3, -0.25) is 0 Å². The third kappa shape index (κ3) is 2.34. The average molecular weight is 115 g/mol. The first kappa shape index (κ1) is 6.63. The number of hydrogen-bond acceptors (Lipinski definition) is 2. The summed E-state index contributed by atoms with van der Waals surface area (Å²) in [6.45, 7) is 5.46. The van der Waals surface area contributed by atoms with E-state index in [1.165, 1.54) is 0 Å². The van der Waals surface area contributed by atoms with E-state index < -0.39 is 0 Å². The Labute approximate surface area is 49.4 Å². The normalized spacial score (nSPS) is 7.71. The third-order valence-corrected chi connectivity index (χ3v) is 0.973. The summed E-state index contributed by atoms with van der Waals surface area (Å²) in [7, 11) is 1.80. The molecule has 0 aliphatic rings. The Kier molecular flexibility index (Phi) is 2.60. The molecular weight excluding hydrogens is 106 g/mol. The Morgan fingerprint density at radius 3 is 2.14 bits per heavy atom. The standard InChI is InChI=1S/C5H9NS/c1-4(6-3)5(2)7/h6H,1H2,2-3H3. The van der Waals surface area contributed by atoms with E-state index in [9.17, 15) is 0 Å². The van der Waals surface area contributed by atoms with Gasteiger partial charge in [-0.05, 0) is 6.92 Å². The molecule has 0 bridgehead atoms. The van der Waals surface area contributed by atoms with Crippen LogP contribution in [0.1, 0.15) is 6.92 Å². The van der Waals surface area contributed by atoms with Crippen LogP contribution < -0.4 is 5.32 Å². The lowest BCUT2D eigenvalue weighted by atomic mass is 10.4. The van der Waals surface area contributed by atoms with Crippen LogP contribution in [0.4, 0.5) is 0 Å². The Morgan fingerprint density at radius 1 is 1.71 bits per heavy atom. The molecule has 0 radical (unpaired) electrons. The Hall–Kier alpha value is -0.370. The van der Waals surface area contributed by atoms with Crippen LogP contribution in [0.2, 0.25) is 0 Å². The van der Waals surface area contributed by atoms with Crippen LogP contribution in [0.15, 0.2) is 12.3 Å². The Bertz CT molecular complexity index is 96.3. The van der Waals surface area contributed by atoms with Crippen molar-refractivity contribution in [1.82, 2.24) is 5.32 Å². The SMILES string of the molecule is C=C(NC)C(C)=S. The number of rotatable bonds is 2. The number of hydrogen-bond donors (Lipinski definition) is 1. The lowest BCUT2D eigenvalue weighted by molar-refractivity contribution is 1.06. The predicted molar refractivity (Wildman–Crippen MR) is 36.5 cm³/mol. The van der Waals surface area contributed by atoms with Crippen LogP contribution in [0.5, 0.6) is 0 Å². The monoisotopic (exact) mass is 115 g/mol. The summed E-state index contributed by atoms with van der Waals surface area (Å²) in [5.41, 5.74) is 0.829. The molecule has 0 aliphatic carbocycles. The molecule has 0 saturated carbocycles. The molecule has 1 N–H and O–H groups in total. The summed E-state index contributed by atoms with van der Waals surface area (Å²) in [4.78, 5) is 0.822. The van der Waals surface area contributed by atoms with E-state index in [0.29, 0.717) is 0 Å². The molecule has 0 aromatic heterocycles. The topological polar surface area (TPSA) is 12.0 Å². The summed E-state index contributed by atoms with van der Waals surface area (Å²) < 4.78 is 0. The minimum absolute atomic E-state index is 0.822. The fourth-order valence-electron chi connectivity index (χ4n) is 0.176. The molecule has 2 heteroatoms. The van der Waals surface area contributed by atoms with Gasteiger partial charge in [0.15, 0.2) is 0 Å². The van der Waals surface area contributed by atoms with Crippen molar-refractivity contribution in [2.45, 2.75) is 6.92 Å². The van der Waals surface area contributed by atoms with Crippen molar-refractivity contribution in [2.24, 2.45) is 0 Å². The van der Waals surface area contributed by atoms with Gasteiger partial charge in [-0.2, -0.15) is 0 Å². The first-order valence-electron chi connectivity index (χ1n) is 2.06. The minimum atomic E-state index is 0.822. The predicted octanol–water partition coefficient (Wildman–Crippen LogP) is 1.11. The second-order valence-electron chi connectivity index (χ2n) is 1.28. The number of thiocarbonyl (C=S) groups is 1. The van der Waals surface area contributed by atoms with E-state index >= 15 is 0 Å². The first-order valence-corrected chi connectivity index (χ1v) is 2.47. The molecule has 0 aromatic carbocycles. The van der Waals surface area contributed by atoms with Crippen LogP contribution in [0.3, 0.4) is 0 Å². The highest BCUT2D eigenvalue weighted by atomic mass is 32.1. The van der Waals surface area contributed by atoms with Crippen molar-refractivity contribution < 1.29 is 0 Å². The molecule has 0 aromatic rings. The van der Waals surface area contributed by atoms with Gasteiger partial charge in [0.1, 0.15) is 0 Å². The van der Waals surface area contributed by atoms with Crippen molar-refractivity contribution in [3.05, 3.63) is 12.3 Å². The van der Waals surface area contributed by atoms with E-state index in [1.54, 1.807) is 7.05 Å². The molecule has 0 rings (SSSR count). The maximum Gasteiger partial charge on any atom is 0.0403 e. The van der Waals surface area contributed by atoms with Crippen molar-refractivity contribution in [3.8, 4) is 0 Å². The number of nitrogens with one attached hydrogen (secondary N) is 1. The zero-order valence-corrected chi connectivity index (χ0v) is 5.43. The minimum Gasteiger partial charge on any atom is -0.388 e. The third-order valence-electron chi connectivity index (χ3n) is 0.727. The van der Waals surface area contributed by atoms with Crippen molar-refractivity contribution in [3.63, 3.8) is 0 Å². The highest BCUT2D eigenvalue weighted by Gasteiger charge is 1.86. The van der Waals surface area contributed by atoms with E-state index in [4.69, 9.17) is 12.2 Å².